The number of nitrogens with one attached hydrogen (secondary N) is 1. The Labute approximate surface area is 108 Å². The SMILES string of the molecule is C=C(C)CCC(NCCC)C1CCCC(C)C1. The van der Waals surface area contributed by atoms with Crippen LogP contribution in [-0.4, -0.2) is 12.6 Å². The Bertz CT molecular complexity index is 222. The number of hydrogen-bond donors (Lipinski definition) is 1. The first-order valence-corrected chi connectivity index (χ1v) is 7.51. The van der Waals surface area contributed by atoms with Crippen molar-refractivity contribution in [3.8, 4) is 0 Å². The highest BCUT2D eigenvalue weighted by Crippen LogP contribution is 2.32. The molecule has 0 aromatic rings. The van der Waals surface area contributed by atoms with Crippen LogP contribution in [0.4, 0.5) is 0 Å². The Hall–Kier alpha value is -0.300. The number of allylic oxidation sites excluding steroid dienone is 1. The molecule has 1 saturated carbocycles. The lowest BCUT2D eigenvalue weighted by atomic mass is 9.77. The van der Waals surface area contributed by atoms with Gasteiger partial charge < -0.3 is 5.32 Å². The minimum Gasteiger partial charge on any atom is -0.314 e. The smallest absolute Gasteiger partial charge is 0.00984 e. The van der Waals surface area contributed by atoms with Crippen LogP contribution >= 0.6 is 0 Å². The Balaban J connectivity index is 2.44. The number of rotatable bonds is 7. The first-order valence-electron chi connectivity index (χ1n) is 7.51. The zero-order valence-corrected chi connectivity index (χ0v) is 12.1. The third kappa shape index (κ3) is 5.72. The molecule has 17 heavy (non-hydrogen) atoms. The third-order valence-corrected chi connectivity index (χ3v) is 4.08. The molecule has 0 heterocycles. The Morgan fingerprint density at radius 3 is 2.76 bits per heavy atom. The van der Waals surface area contributed by atoms with Gasteiger partial charge in [-0.05, 0) is 57.4 Å². The molecule has 100 valence electrons. The van der Waals surface area contributed by atoms with Crippen LogP contribution in [0.15, 0.2) is 12.2 Å². The minimum absolute atomic E-state index is 0.731. The molecule has 1 aliphatic rings. The topological polar surface area (TPSA) is 12.0 Å². The summed E-state index contributed by atoms with van der Waals surface area (Å²) in [6.45, 7) is 12.0. The maximum Gasteiger partial charge on any atom is 0.00984 e. The van der Waals surface area contributed by atoms with Crippen LogP contribution in [-0.2, 0) is 0 Å². The monoisotopic (exact) mass is 237 g/mol. The summed E-state index contributed by atoms with van der Waals surface area (Å²) in [5.41, 5.74) is 1.33. The van der Waals surface area contributed by atoms with E-state index < -0.39 is 0 Å². The Kier molecular flexibility index (Phi) is 6.87. The molecule has 1 rings (SSSR count). The van der Waals surface area contributed by atoms with Crippen molar-refractivity contribution in [2.75, 3.05) is 6.54 Å². The molecule has 3 atom stereocenters. The molecule has 3 unspecified atom stereocenters. The van der Waals surface area contributed by atoms with Gasteiger partial charge in [0.2, 0.25) is 0 Å². The quantitative estimate of drug-likeness (QED) is 0.641. The highest BCUT2D eigenvalue weighted by molar-refractivity contribution is 4.91. The first-order chi connectivity index (χ1) is 8.13. The largest absolute Gasteiger partial charge is 0.314 e. The van der Waals surface area contributed by atoms with Crippen molar-refractivity contribution in [1.82, 2.24) is 5.32 Å². The lowest BCUT2D eigenvalue weighted by molar-refractivity contribution is 0.215. The molecule has 0 spiro atoms. The molecule has 1 heteroatoms. The molecule has 0 aliphatic heterocycles. The van der Waals surface area contributed by atoms with Gasteiger partial charge in [0, 0.05) is 6.04 Å². The van der Waals surface area contributed by atoms with E-state index in [2.05, 4.69) is 32.7 Å². The van der Waals surface area contributed by atoms with Gasteiger partial charge in [-0.1, -0.05) is 32.3 Å². The predicted octanol–water partition coefficient (Wildman–Crippen LogP) is 4.54. The molecular weight excluding hydrogens is 206 g/mol. The normalized spacial score (nSPS) is 26.8. The van der Waals surface area contributed by atoms with Crippen molar-refractivity contribution in [2.24, 2.45) is 11.8 Å². The van der Waals surface area contributed by atoms with Crippen molar-refractivity contribution < 1.29 is 0 Å². The van der Waals surface area contributed by atoms with Crippen molar-refractivity contribution >= 4 is 0 Å². The average Bonchev–Trinajstić information content (AvgIpc) is 2.29. The molecule has 0 aromatic heterocycles. The van der Waals surface area contributed by atoms with Crippen molar-refractivity contribution in [3.63, 3.8) is 0 Å². The van der Waals surface area contributed by atoms with Crippen LogP contribution in [0.25, 0.3) is 0 Å². The van der Waals surface area contributed by atoms with Gasteiger partial charge in [0.1, 0.15) is 0 Å². The van der Waals surface area contributed by atoms with E-state index in [4.69, 9.17) is 0 Å². The van der Waals surface area contributed by atoms with Crippen molar-refractivity contribution in [1.29, 1.82) is 0 Å². The van der Waals surface area contributed by atoms with E-state index >= 15 is 0 Å². The van der Waals surface area contributed by atoms with Gasteiger partial charge in [0.25, 0.3) is 0 Å². The Morgan fingerprint density at radius 1 is 1.41 bits per heavy atom. The summed E-state index contributed by atoms with van der Waals surface area (Å²) in [5, 5.41) is 3.77. The second-order valence-electron chi connectivity index (χ2n) is 6.09. The second kappa shape index (κ2) is 7.92. The summed E-state index contributed by atoms with van der Waals surface area (Å²) in [7, 11) is 0. The molecule has 1 fully saturated rings. The van der Waals surface area contributed by atoms with Gasteiger partial charge in [-0.15, -0.1) is 6.58 Å². The molecule has 0 radical (unpaired) electrons. The van der Waals surface area contributed by atoms with Gasteiger partial charge in [-0.3, -0.25) is 0 Å². The van der Waals surface area contributed by atoms with Crippen LogP contribution in [0.2, 0.25) is 0 Å². The molecular formula is C16H31N. The Morgan fingerprint density at radius 2 is 2.18 bits per heavy atom. The van der Waals surface area contributed by atoms with E-state index in [-0.39, 0.29) is 0 Å². The summed E-state index contributed by atoms with van der Waals surface area (Å²) in [4.78, 5) is 0. The zero-order chi connectivity index (χ0) is 12.7. The first kappa shape index (κ1) is 14.8. The van der Waals surface area contributed by atoms with E-state index in [1.807, 2.05) is 0 Å². The summed E-state index contributed by atoms with van der Waals surface area (Å²) >= 11 is 0. The fourth-order valence-electron chi connectivity index (χ4n) is 3.08. The highest BCUT2D eigenvalue weighted by atomic mass is 14.9. The lowest BCUT2D eigenvalue weighted by Crippen LogP contribution is -2.38. The average molecular weight is 237 g/mol. The van der Waals surface area contributed by atoms with Gasteiger partial charge in [-0.25, -0.2) is 0 Å². The van der Waals surface area contributed by atoms with Gasteiger partial charge in [0.05, 0.1) is 0 Å². The number of hydrogen-bond acceptors (Lipinski definition) is 1. The van der Waals surface area contributed by atoms with E-state index in [1.165, 1.54) is 57.1 Å². The summed E-state index contributed by atoms with van der Waals surface area (Å²) in [6, 6.07) is 0.731. The molecule has 1 nitrogen and oxygen atoms in total. The fourth-order valence-corrected chi connectivity index (χ4v) is 3.08. The van der Waals surface area contributed by atoms with Crippen molar-refractivity contribution in [3.05, 3.63) is 12.2 Å². The summed E-state index contributed by atoms with van der Waals surface area (Å²) in [5.74, 6) is 1.84. The van der Waals surface area contributed by atoms with Crippen molar-refractivity contribution in [2.45, 2.75) is 71.8 Å². The maximum absolute atomic E-state index is 4.04. The molecule has 1 aliphatic carbocycles. The lowest BCUT2D eigenvalue weighted by Gasteiger charge is -2.34. The standard InChI is InChI=1S/C16H31N/c1-5-11-17-16(10-9-13(2)3)15-8-6-7-14(4)12-15/h14-17H,2,5-12H2,1,3-4H3. The van der Waals surface area contributed by atoms with Crippen LogP contribution < -0.4 is 5.32 Å². The molecule has 1 N–H and O–H groups in total. The van der Waals surface area contributed by atoms with Gasteiger partial charge in [0.15, 0.2) is 0 Å². The van der Waals surface area contributed by atoms with Gasteiger partial charge in [-0.2, -0.15) is 0 Å². The highest BCUT2D eigenvalue weighted by Gasteiger charge is 2.25. The van der Waals surface area contributed by atoms with E-state index in [0.717, 1.165) is 17.9 Å². The zero-order valence-electron chi connectivity index (χ0n) is 12.1. The summed E-state index contributed by atoms with van der Waals surface area (Å²) < 4.78 is 0. The summed E-state index contributed by atoms with van der Waals surface area (Å²) in [6.07, 6.45) is 9.45. The van der Waals surface area contributed by atoms with Crippen LogP contribution in [0, 0.1) is 11.8 Å². The molecule has 0 saturated heterocycles. The fraction of sp³-hybridized carbons (Fsp3) is 0.875. The van der Waals surface area contributed by atoms with Crippen LogP contribution in [0.3, 0.4) is 0 Å². The van der Waals surface area contributed by atoms with E-state index in [9.17, 15) is 0 Å². The second-order valence-corrected chi connectivity index (χ2v) is 6.09. The molecule has 0 aromatic carbocycles. The van der Waals surface area contributed by atoms with Gasteiger partial charge >= 0.3 is 0 Å². The van der Waals surface area contributed by atoms with Crippen LogP contribution in [0.5, 0.6) is 0 Å². The predicted molar refractivity (Wildman–Crippen MR) is 77.3 cm³/mol. The van der Waals surface area contributed by atoms with Crippen LogP contribution in [0.1, 0.15) is 65.7 Å². The van der Waals surface area contributed by atoms with E-state index in [1.54, 1.807) is 0 Å². The molecule has 0 amide bonds. The third-order valence-electron chi connectivity index (χ3n) is 4.08. The maximum atomic E-state index is 4.04. The van der Waals surface area contributed by atoms with E-state index in [0.29, 0.717) is 0 Å². The minimum atomic E-state index is 0.731. The molecule has 0 bridgehead atoms.